The molecule has 17 heavy (non-hydrogen) atoms. The lowest BCUT2D eigenvalue weighted by molar-refractivity contribution is -0.136. The number of nitrogens with one attached hydrogen (secondary N) is 2. The largest absolute Gasteiger partial charge is 0.388 e. The Labute approximate surface area is 103 Å². The molecule has 1 aliphatic rings. The minimum absolute atomic E-state index is 0.0559. The van der Waals surface area contributed by atoms with Crippen LogP contribution in [0.15, 0.2) is 0 Å². The fourth-order valence-corrected chi connectivity index (χ4v) is 1.79. The molecule has 3 N–H and O–H groups in total. The first-order valence-corrected chi connectivity index (χ1v) is 6.21. The molecule has 1 amide bonds. The van der Waals surface area contributed by atoms with Gasteiger partial charge in [-0.25, -0.2) is 0 Å². The Balaban J connectivity index is 2.16. The molecule has 1 heterocycles. The zero-order valence-electron chi connectivity index (χ0n) is 11.0. The van der Waals surface area contributed by atoms with Gasteiger partial charge >= 0.3 is 0 Å². The molecule has 0 spiro atoms. The predicted molar refractivity (Wildman–Crippen MR) is 65.8 cm³/mol. The summed E-state index contributed by atoms with van der Waals surface area (Å²) in [5.74, 6) is -0.172. The molecule has 1 aliphatic heterocycles. The highest BCUT2D eigenvalue weighted by Crippen LogP contribution is 2.14. The molecule has 0 aromatic rings. The van der Waals surface area contributed by atoms with E-state index in [9.17, 15) is 9.90 Å². The zero-order valence-corrected chi connectivity index (χ0v) is 11.0. The molecule has 0 aromatic heterocycles. The van der Waals surface area contributed by atoms with Gasteiger partial charge in [0.1, 0.15) is 6.61 Å². The van der Waals surface area contributed by atoms with Crippen molar-refractivity contribution in [3.8, 4) is 0 Å². The summed E-state index contributed by atoms with van der Waals surface area (Å²) < 4.78 is 5.50. The standard InChI is InChI=1S/C12H24N2O3/c1-4-5-11(2,16)7-14-10(15)6-17-12(3)8-13-9-12/h13,16H,4-9H2,1-3H3,(H,14,15). The van der Waals surface area contributed by atoms with Crippen LogP contribution in [0.1, 0.15) is 33.6 Å². The average molecular weight is 244 g/mol. The Morgan fingerprint density at radius 3 is 2.71 bits per heavy atom. The van der Waals surface area contributed by atoms with Gasteiger partial charge in [-0.05, 0) is 20.3 Å². The number of carbonyl (C=O) groups excluding carboxylic acids is 1. The van der Waals surface area contributed by atoms with Crippen LogP contribution in [-0.4, -0.2) is 48.5 Å². The monoisotopic (exact) mass is 244 g/mol. The Hall–Kier alpha value is -0.650. The molecule has 0 bridgehead atoms. The van der Waals surface area contributed by atoms with E-state index < -0.39 is 5.60 Å². The van der Waals surface area contributed by atoms with Crippen LogP contribution < -0.4 is 10.6 Å². The summed E-state index contributed by atoms with van der Waals surface area (Å²) in [5, 5.41) is 15.7. The molecule has 0 aromatic carbocycles. The maximum atomic E-state index is 11.5. The van der Waals surface area contributed by atoms with Crippen molar-refractivity contribution < 1.29 is 14.6 Å². The van der Waals surface area contributed by atoms with E-state index in [1.165, 1.54) is 0 Å². The molecule has 5 heteroatoms. The molecule has 0 saturated carbocycles. The van der Waals surface area contributed by atoms with Crippen LogP contribution in [0.25, 0.3) is 0 Å². The van der Waals surface area contributed by atoms with Gasteiger partial charge in [-0.1, -0.05) is 13.3 Å². The normalized spacial score (nSPS) is 21.4. The number of rotatable bonds is 7. The summed E-state index contributed by atoms with van der Waals surface area (Å²) in [4.78, 5) is 11.5. The molecule has 100 valence electrons. The first-order chi connectivity index (χ1) is 7.87. The van der Waals surface area contributed by atoms with Crippen LogP contribution in [0.4, 0.5) is 0 Å². The van der Waals surface area contributed by atoms with Gasteiger partial charge in [0, 0.05) is 19.6 Å². The van der Waals surface area contributed by atoms with Gasteiger partial charge in [0.25, 0.3) is 0 Å². The second kappa shape index (κ2) is 5.80. The topological polar surface area (TPSA) is 70.6 Å². The number of aliphatic hydroxyl groups is 1. The maximum Gasteiger partial charge on any atom is 0.246 e. The van der Waals surface area contributed by atoms with Crippen molar-refractivity contribution in [3.63, 3.8) is 0 Å². The predicted octanol–water partition coefficient (Wildman–Crippen LogP) is 0.0322. The highest BCUT2D eigenvalue weighted by molar-refractivity contribution is 5.77. The fraction of sp³-hybridized carbons (Fsp3) is 0.917. The maximum absolute atomic E-state index is 11.5. The minimum Gasteiger partial charge on any atom is -0.388 e. The highest BCUT2D eigenvalue weighted by Gasteiger charge is 2.33. The summed E-state index contributed by atoms with van der Waals surface area (Å²) in [6.45, 7) is 7.61. The Morgan fingerprint density at radius 1 is 1.59 bits per heavy atom. The van der Waals surface area contributed by atoms with E-state index in [-0.39, 0.29) is 24.7 Å². The van der Waals surface area contributed by atoms with Crippen molar-refractivity contribution in [2.45, 2.75) is 44.8 Å². The first kappa shape index (κ1) is 14.4. The fourth-order valence-electron chi connectivity index (χ4n) is 1.79. The van der Waals surface area contributed by atoms with Gasteiger partial charge in [0.05, 0.1) is 11.2 Å². The Bertz CT molecular complexity index is 262. The summed E-state index contributed by atoms with van der Waals surface area (Å²) in [7, 11) is 0. The van der Waals surface area contributed by atoms with Gasteiger partial charge in [0.15, 0.2) is 0 Å². The lowest BCUT2D eigenvalue weighted by Crippen LogP contribution is -2.59. The van der Waals surface area contributed by atoms with Crippen LogP contribution in [0, 0.1) is 0 Å². The first-order valence-electron chi connectivity index (χ1n) is 6.21. The van der Waals surface area contributed by atoms with Crippen LogP contribution in [0.3, 0.4) is 0 Å². The van der Waals surface area contributed by atoms with Crippen molar-refractivity contribution in [2.24, 2.45) is 0 Å². The SMILES string of the molecule is CCCC(C)(O)CNC(=O)COC1(C)CNC1. The molecule has 1 unspecified atom stereocenters. The Kier molecular flexibility index (Phi) is 4.91. The van der Waals surface area contributed by atoms with Crippen LogP contribution in [0.5, 0.6) is 0 Å². The highest BCUT2D eigenvalue weighted by atomic mass is 16.5. The van der Waals surface area contributed by atoms with Gasteiger partial charge in [-0.2, -0.15) is 0 Å². The second-order valence-electron chi connectivity index (χ2n) is 5.37. The summed E-state index contributed by atoms with van der Waals surface area (Å²) in [6, 6.07) is 0. The van der Waals surface area contributed by atoms with E-state index in [0.717, 1.165) is 19.5 Å². The molecule has 1 saturated heterocycles. The molecule has 1 fully saturated rings. The van der Waals surface area contributed by atoms with Crippen LogP contribution in [0.2, 0.25) is 0 Å². The number of amides is 1. The zero-order chi connectivity index (χ0) is 12.9. The second-order valence-corrected chi connectivity index (χ2v) is 5.37. The number of hydrogen-bond donors (Lipinski definition) is 3. The molecule has 0 radical (unpaired) electrons. The van der Waals surface area contributed by atoms with E-state index in [1.54, 1.807) is 6.92 Å². The van der Waals surface area contributed by atoms with Crippen molar-refractivity contribution in [1.29, 1.82) is 0 Å². The van der Waals surface area contributed by atoms with Crippen molar-refractivity contribution in [1.82, 2.24) is 10.6 Å². The van der Waals surface area contributed by atoms with E-state index in [2.05, 4.69) is 10.6 Å². The smallest absolute Gasteiger partial charge is 0.246 e. The number of ether oxygens (including phenoxy) is 1. The van der Waals surface area contributed by atoms with E-state index in [4.69, 9.17) is 4.74 Å². The van der Waals surface area contributed by atoms with Crippen molar-refractivity contribution in [2.75, 3.05) is 26.2 Å². The quantitative estimate of drug-likeness (QED) is 0.591. The molecular weight excluding hydrogens is 220 g/mol. The van der Waals surface area contributed by atoms with Crippen molar-refractivity contribution >= 4 is 5.91 Å². The third-order valence-electron chi connectivity index (χ3n) is 3.00. The lowest BCUT2D eigenvalue weighted by Gasteiger charge is -2.38. The minimum atomic E-state index is -0.827. The lowest BCUT2D eigenvalue weighted by atomic mass is 10.00. The van der Waals surface area contributed by atoms with Crippen LogP contribution >= 0.6 is 0 Å². The Morgan fingerprint density at radius 2 is 2.24 bits per heavy atom. The van der Waals surface area contributed by atoms with Crippen LogP contribution in [-0.2, 0) is 9.53 Å². The molecule has 1 rings (SSSR count). The van der Waals surface area contributed by atoms with Gasteiger partial charge in [0.2, 0.25) is 5.91 Å². The van der Waals surface area contributed by atoms with Gasteiger partial charge in [-0.3, -0.25) is 4.79 Å². The van der Waals surface area contributed by atoms with E-state index in [1.807, 2.05) is 13.8 Å². The molecule has 5 nitrogen and oxygen atoms in total. The van der Waals surface area contributed by atoms with Crippen molar-refractivity contribution in [3.05, 3.63) is 0 Å². The average Bonchev–Trinajstić information content (AvgIpc) is 2.21. The van der Waals surface area contributed by atoms with Gasteiger partial charge in [-0.15, -0.1) is 0 Å². The summed E-state index contributed by atoms with van der Waals surface area (Å²) in [6.07, 6.45) is 1.57. The molecular formula is C12H24N2O3. The van der Waals surface area contributed by atoms with E-state index >= 15 is 0 Å². The van der Waals surface area contributed by atoms with E-state index in [0.29, 0.717) is 6.42 Å². The third kappa shape index (κ3) is 5.02. The molecule has 1 atom stereocenters. The third-order valence-corrected chi connectivity index (χ3v) is 3.00. The van der Waals surface area contributed by atoms with Gasteiger partial charge < -0.3 is 20.5 Å². The number of hydrogen-bond acceptors (Lipinski definition) is 4. The molecule has 0 aliphatic carbocycles. The summed E-state index contributed by atoms with van der Waals surface area (Å²) in [5.41, 5.74) is -1.03. The summed E-state index contributed by atoms with van der Waals surface area (Å²) >= 11 is 0. The number of carbonyl (C=O) groups is 1.